The van der Waals surface area contributed by atoms with Crippen LogP contribution in [-0.2, 0) is 19.5 Å². The summed E-state index contributed by atoms with van der Waals surface area (Å²) in [6, 6.07) is 7.80. The Morgan fingerprint density at radius 3 is 1.97 bits per heavy atom. The first-order chi connectivity index (χ1) is 16.2. The lowest BCUT2D eigenvalue weighted by Gasteiger charge is -2.16. The molecule has 2 N–H and O–H groups in total. The van der Waals surface area contributed by atoms with Crippen molar-refractivity contribution in [1.29, 1.82) is 0 Å². The van der Waals surface area contributed by atoms with Crippen LogP contribution in [0.2, 0.25) is 0 Å². The van der Waals surface area contributed by atoms with Gasteiger partial charge in [0.1, 0.15) is 10.6 Å². The number of sulfonamides is 1. The number of carbonyl (C=O) groups is 3. The van der Waals surface area contributed by atoms with Gasteiger partial charge in [0, 0.05) is 17.3 Å². The first-order valence-corrected chi connectivity index (χ1v) is 12.0. The molecule has 0 bridgehead atoms. The van der Waals surface area contributed by atoms with Gasteiger partial charge < -0.3 is 19.5 Å². The fourth-order valence-corrected chi connectivity index (χ4v) is 5.23. The number of benzene rings is 2. The summed E-state index contributed by atoms with van der Waals surface area (Å²) >= 11 is 0. The number of nitrogens with one attached hydrogen (secondary N) is 2. The summed E-state index contributed by atoms with van der Waals surface area (Å²) in [7, 11) is -0.222. The van der Waals surface area contributed by atoms with Crippen LogP contribution in [0.3, 0.4) is 0 Å². The predicted octanol–water partition coefficient (Wildman–Crippen LogP) is 2.74. The minimum atomic E-state index is -3.94. The molecule has 182 valence electrons. The summed E-state index contributed by atoms with van der Waals surface area (Å²) in [5, 5.41) is 2.58. The van der Waals surface area contributed by atoms with Crippen LogP contribution in [0, 0.1) is 0 Å². The van der Waals surface area contributed by atoms with Gasteiger partial charge in [0.2, 0.25) is 10.0 Å². The van der Waals surface area contributed by atoms with Gasteiger partial charge in [-0.05, 0) is 49.2 Å². The summed E-state index contributed by atoms with van der Waals surface area (Å²) < 4.78 is 43.2. The molecule has 3 rings (SSSR count). The molecule has 0 atom stereocenters. The average molecular weight is 491 g/mol. The van der Waals surface area contributed by atoms with E-state index >= 15 is 0 Å². The van der Waals surface area contributed by atoms with E-state index in [2.05, 4.69) is 10.0 Å². The Morgan fingerprint density at radius 1 is 0.853 bits per heavy atom. The topological polar surface area (TPSA) is 137 Å². The molecular weight excluding hydrogens is 464 g/mol. The summed E-state index contributed by atoms with van der Waals surface area (Å²) in [5.41, 5.74) is 0.215. The first kappa shape index (κ1) is 25.2. The largest absolute Gasteiger partial charge is 0.495 e. The maximum absolute atomic E-state index is 13.0. The maximum Gasteiger partial charge on any atom is 0.337 e. The molecule has 1 aliphatic carbocycles. The molecule has 10 nitrogen and oxygen atoms in total. The van der Waals surface area contributed by atoms with E-state index in [9.17, 15) is 22.8 Å². The van der Waals surface area contributed by atoms with Gasteiger partial charge in [-0.15, -0.1) is 0 Å². The number of hydrogen-bond acceptors (Lipinski definition) is 8. The summed E-state index contributed by atoms with van der Waals surface area (Å²) in [5.74, 6) is -1.98. The van der Waals surface area contributed by atoms with Gasteiger partial charge in [-0.1, -0.05) is 12.8 Å². The van der Waals surface area contributed by atoms with Crippen LogP contribution >= 0.6 is 0 Å². The minimum Gasteiger partial charge on any atom is -0.495 e. The highest BCUT2D eigenvalue weighted by Crippen LogP contribution is 2.28. The minimum absolute atomic E-state index is 0.0273. The number of methoxy groups -OCH3 is 3. The van der Waals surface area contributed by atoms with E-state index in [4.69, 9.17) is 14.2 Å². The monoisotopic (exact) mass is 490 g/mol. The molecule has 1 saturated carbocycles. The molecule has 1 aliphatic rings. The summed E-state index contributed by atoms with van der Waals surface area (Å²) in [6.07, 6.45) is 3.40. The van der Waals surface area contributed by atoms with Gasteiger partial charge in [-0.3, -0.25) is 4.79 Å². The fraction of sp³-hybridized carbons (Fsp3) is 0.348. The standard InChI is InChI=1S/C23H26N2O8S/c1-31-19-9-8-14(13-20(19)34(29,30)25-17-6-4-5-7-17)21(26)24-18-11-15(22(27)32-2)10-16(12-18)23(28)33-3/h8-13,17,25H,4-7H2,1-3H3,(H,24,26). The zero-order chi connectivity index (χ0) is 24.9. The van der Waals surface area contributed by atoms with Crippen molar-refractivity contribution in [2.75, 3.05) is 26.6 Å². The number of ether oxygens (including phenoxy) is 3. The van der Waals surface area contributed by atoms with Crippen molar-refractivity contribution in [1.82, 2.24) is 4.72 Å². The molecule has 0 radical (unpaired) electrons. The van der Waals surface area contributed by atoms with Crippen molar-refractivity contribution >= 4 is 33.6 Å². The molecule has 0 spiro atoms. The molecule has 1 amide bonds. The van der Waals surface area contributed by atoms with E-state index < -0.39 is 27.9 Å². The van der Waals surface area contributed by atoms with Crippen LogP contribution in [-0.4, -0.2) is 53.6 Å². The molecule has 1 fully saturated rings. The second kappa shape index (κ2) is 10.7. The Bertz CT molecular complexity index is 1170. The molecule has 11 heteroatoms. The Balaban J connectivity index is 1.92. The van der Waals surface area contributed by atoms with Gasteiger partial charge in [0.25, 0.3) is 5.91 Å². The van der Waals surface area contributed by atoms with E-state index in [1.165, 1.54) is 57.7 Å². The van der Waals surface area contributed by atoms with Crippen molar-refractivity contribution in [2.24, 2.45) is 0 Å². The number of carbonyl (C=O) groups excluding carboxylic acids is 3. The quantitative estimate of drug-likeness (QED) is 0.539. The van der Waals surface area contributed by atoms with Crippen LogP contribution in [0.5, 0.6) is 5.75 Å². The van der Waals surface area contributed by atoms with E-state index in [1.807, 2.05) is 0 Å². The van der Waals surface area contributed by atoms with E-state index in [1.54, 1.807) is 0 Å². The lowest BCUT2D eigenvalue weighted by molar-refractivity contribution is 0.0598. The lowest BCUT2D eigenvalue weighted by Crippen LogP contribution is -2.33. The Hall–Kier alpha value is -3.44. The second-order valence-electron chi connectivity index (χ2n) is 7.70. The van der Waals surface area contributed by atoms with E-state index in [0.717, 1.165) is 25.7 Å². The average Bonchev–Trinajstić information content (AvgIpc) is 3.34. The molecule has 0 aromatic heterocycles. The SMILES string of the molecule is COC(=O)c1cc(NC(=O)c2ccc(OC)c(S(=O)(=O)NC3CCCC3)c2)cc(C(=O)OC)c1. The Kier molecular flexibility index (Phi) is 7.90. The molecule has 34 heavy (non-hydrogen) atoms. The van der Waals surface area contributed by atoms with Crippen molar-refractivity contribution in [2.45, 2.75) is 36.6 Å². The highest BCUT2D eigenvalue weighted by Gasteiger charge is 2.27. The summed E-state index contributed by atoms with van der Waals surface area (Å²) in [6.45, 7) is 0. The molecular formula is C23H26N2O8S. The van der Waals surface area contributed by atoms with Crippen molar-refractivity contribution in [3.8, 4) is 5.75 Å². The number of hydrogen-bond donors (Lipinski definition) is 2. The highest BCUT2D eigenvalue weighted by atomic mass is 32.2. The lowest BCUT2D eigenvalue weighted by atomic mass is 10.1. The third-order valence-corrected chi connectivity index (χ3v) is 6.97. The van der Waals surface area contributed by atoms with Crippen LogP contribution in [0.1, 0.15) is 56.8 Å². The molecule has 0 unspecified atom stereocenters. The Morgan fingerprint density at radius 2 is 1.44 bits per heavy atom. The van der Waals surface area contributed by atoms with Crippen molar-refractivity contribution < 1.29 is 37.0 Å². The first-order valence-electron chi connectivity index (χ1n) is 10.5. The smallest absolute Gasteiger partial charge is 0.337 e. The molecule has 2 aromatic carbocycles. The third-order valence-electron chi connectivity index (χ3n) is 5.43. The highest BCUT2D eigenvalue weighted by molar-refractivity contribution is 7.89. The van der Waals surface area contributed by atoms with Crippen LogP contribution in [0.15, 0.2) is 41.3 Å². The van der Waals surface area contributed by atoms with Crippen LogP contribution in [0.25, 0.3) is 0 Å². The van der Waals surface area contributed by atoms with Crippen LogP contribution in [0.4, 0.5) is 5.69 Å². The van der Waals surface area contributed by atoms with Crippen molar-refractivity contribution in [3.05, 3.63) is 53.1 Å². The van der Waals surface area contributed by atoms with Gasteiger partial charge in [-0.2, -0.15) is 0 Å². The zero-order valence-corrected chi connectivity index (χ0v) is 19.9. The normalized spacial score (nSPS) is 13.9. The van der Waals surface area contributed by atoms with Crippen LogP contribution < -0.4 is 14.8 Å². The number of esters is 2. The van der Waals surface area contributed by atoms with Gasteiger partial charge >= 0.3 is 11.9 Å². The maximum atomic E-state index is 13.0. The van der Waals surface area contributed by atoms with E-state index in [0.29, 0.717) is 0 Å². The van der Waals surface area contributed by atoms with Gasteiger partial charge in [-0.25, -0.2) is 22.7 Å². The molecule has 0 aliphatic heterocycles. The number of anilines is 1. The third kappa shape index (κ3) is 5.72. The zero-order valence-electron chi connectivity index (χ0n) is 19.0. The summed E-state index contributed by atoms with van der Waals surface area (Å²) in [4.78, 5) is 36.7. The number of rotatable bonds is 8. The molecule has 2 aromatic rings. The molecule has 0 heterocycles. The number of amides is 1. The van der Waals surface area contributed by atoms with Gasteiger partial charge in [0.15, 0.2) is 0 Å². The predicted molar refractivity (Wildman–Crippen MR) is 123 cm³/mol. The molecule has 0 saturated heterocycles. The van der Waals surface area contributed by atoms with Gasteiger partial charge in [0.05, 0.1) is 32.5 Å². The Labute approximate surface area is 197 Å². The van der Waals surface area contributed by atoms with Crippen molar-refractivity contribution in [3.63, 3.8) is 0 Å². The fourth-order valence-electron chi connectivity index (χ4n) is 3.73. The second-order valence-corrected chi connectivity index (χ2v) is 9.39. The van der Waals surface area contributed by atoms with E-state index in [-0.39, 0.29) is 39.1 Å².